The van der Waals surface area contributed by atoms with Crippen LogP contribution in [0.2, 0.25) is 0 Å². The minimum atomic E-state index is -1.02. The lowest BCUT2D eigenvalue weighted by atomic mass is 10.0. The van der Waals surface area contributed by atoms with E-state index < -0.39 is 29.7 Å². The number of hydrogen-bond acceptors (Lipinski definition) is 11. The molecule has 0 aliphatic carbocycles. The summed E-state index contributed by atoms with van der Waals surface area (Å²) in [5, 5.41) is 26.3. The summed E-state index contributed by atoms with van der Waals surface area (Å²) in [4.78, 5) is 73.5. The number of anilines is 3. The van der Waals surface area contributed by atoms with Crippen molar-refractivity contribution >= 4 is 68.6 Å². The number of rotatable bonds is 12. The van der Waals surface area contributed by atoms with Gasteiger partial charge in [0.1, 0.15) is 17.7 Å². The molecule has 16 nitrogen and oxygen atoms in total. The van der Waals surface area contributed by atoms with Crippen LogP contribution < -0.4 is 21.3 Å². The molecule has 2 atom stereocenters. The van der Waals surface area contributed by atoms with Gasteiger partial charge >= 0.3 is 6.03 Å². The summed E-state index contributed by atoms with van der Waals surface area (Å²) in [5.74, 6) is -0.506. The zero-order valence-corrected chi connectivity index (χ0v) is 33.1. The molecule has 5 N–H and O–H groups in total. The number of aliphatic hydroxyl groups excluding tert-OH is 1. The number of halogens is 1. The van der Waals surface area contributed by atoms with Gasteiger partial charge in [0.05, 0.1) is 30.0 Å². The van der Waals surface area contributed by atoms with Crippen LogP contribution in [0.3, 0.4) is 0 Å². The molecular weight excluding hydrogens is 784 g/mol. The van der Waals surface area contributed by atoms with Gasteiger partial charge in [-0.3, -0.25) is 34.3 Å². The van der Waals surface area contributed by atoms with Gasteiger partial charge in [0.25, 0.3) is 11.8 Å². The number of hydrogen-bond donors (Lipinski definition) is 5. The Morgan fingerprint density at radius 2 is 1.73 bits per heavy atom. The quantitative estimate of drug-likeness (QED) is 0.129. The Labute approximate surface area is 332 Å². The predicted molar refractivity (Wildman–Crippen MR) is 212 cm³/mol. The summed E-state index contributed by atoms with van der Waals surface area (Å²) in [6.45, 7) is 9.40. The van der Waals surface area contributed by atoms with E-state index in [1.165, 1.54) is 0 Å². The van der Waals surface area contributed by atoms with Crippen molar-refractivity contribution in [2.45, 2.75) is 71.1 Å². The van der Waals surface area contributed by atoms with Crippen LogP contribution in [0.5, 0.6) is 0 Å². The molecule has 0 bridgehead atoms. The Morgan fingerprint density at radius 3 is 2.39 bits per heavy atom. The number of urea groups is 1. The highest BCUT2D eigenvalue weighted by atomic mass is 79.9. The predicted octanol–water partition coefficient (Wildman–Crippen LogP) is 4.16. The number of piperazine rings is 1. The lowest BCUT2D eigenvalue weighted by Gasteiger charge is -2.35. The normalized spacial score (nSPS) is 18.1. The fraction of sp³-hybridized carbons (Fsp3) is 0.410. The third-order valence-corrected chi connectivity index (χ3v) is 11.3. The topological polar surface area (TPSA) is 194 Å². The van der Waals surface area contributed by atoms with Crippen LogP contribution in [0.15, 0.2) is 53.1 Å². The second kappa shape index (κ2) is 16.4. The van der Waals surface area contributed by atoms with E-state index in [-0.39, 0.29) is 48.6 Å². The monoisotopic (exact) mass is 828 g/mol. The molecule has 0 spiro atoms. The number of imide groups is 2. The average Bonchev–Trinajstić information content (AvgIpc) is 3.72. The van der Waals surface area contributed by atoms with Gasteiger partial charge in [-0.2, -0.15) is 9.61 Å². The fourth-order valence-electron chi connectivity index (χ4n) is 7.18. The van der Waals surface area contributed by atoms with E-state index >= 15 is 0 Å². The van der Waals surface area contributed by atoms with E-state index in [1.807, 2.05) is 43.5 Å². The molecule has 2 saturated heterocycles. The number of benzene rings is 2. The van der Waals surface area contributed by atoms with E-state index in [2.05, 4.69) is 61.0 Å². The van der Waals surface area contributed by atoms with Crippen LogP contribution in [0.25, 0.3) is 5.65 Å². The molecule has 2 aromatic heterocycles. The molecule has 56 heavy (non-hydrogen) atoms. The highest BCUT2D eigenvalue weighted by molar-refractivity contribution is 9.10. The number of carbonyl (C=O) groups is 5. The zero-order chi connectivity index (χ0) is 39.7. The minimum absolute atomic E-state index is 0.00149. The van der Waals surface area contributed by atoms with Crippen molar-refractivity contribution < 1.29 is 29.1 Å². The maximum absolute atomic E-state index is 13.3. The van der Waals surface area contributed by atoms with Crippen molar-refractivity contribution in [1.82, 2.24) is 34.6 Å². The number of carbonyl (C=O) groups excluding carboxylic acids is 5. The van der Waals surface area contributed by atoms with Gasteiger partial charge in [0.2, 0.25) is 11.8 Å². The third-order valence-electron chi connectivity index (χ3n) is 10.5. The maximum atomic E-state index is 13.3. The second-order valence-electron chi connectivity index (χ2n) is 14.6. The first-order chi connectivity index (χ1) is 26.9. The summed E-state index contributed by atoms with van der Waals surface area (Å²) >= 11 is 3.56. The second-order valence-corrected chi connectivity index (χ2v) is 15.5. The van der Waals surface area contributed by atoms with Gasteiger partial charge in [-0.1, -0.05) is 48.8 Å². The first-order valence-electron chi connectivity index (χ1n) is 18.8. The highest BCUT2D eigenvalue weighted by Crippen LogP contribution is 2.33. The molecule has 2 unspecified atom stereocenters. The molecule has 4 aromatic rings. The summed E-state index contributed by atoms with van der Waals surface area (Å²) in [5.41, 5.74) is 4.72. The summed E-state index contributed by atoms with van der Waals surface area (Å²) in [6, 6.07) is 11.5. The van der Waals surface area contributed by atoms with Gasteiger partial charge in [-0.05, 0) is 54.2 Å². The first kappa shape index (κ1) is 38.9. The number of amides is 6. The molecule has 7 rings (SSSR count). The molecule has 3 aliphatic rings. The van der Waals surface area contributed by atoms with Gasteiger partial charge in [-0.25, -0.2) is 9.78 Å². The Hall–Kier alpha value is -5.39. The standard InChI is InChI=1S/C39H45BrN10O6/c1-4-25(21-51)43-32-17-33(50-35(45-32)29(19-42-50)22(2)3)41-18-23-5-7-26(8-6-23)44-39(56)48-13-11-47(12-14-48)20-24-15-27-28(16-30(24)40)38(55)49(37(27)54)31-9-10-34(52)46-36(31)53/h5-8,15-17,19,22,25,31,41,51H,4,9-14,18,20-21H2,1-3H3,(H,43,45)(H,44,56)(H,46,52,53). The summed E-state index contributed by atoms with van der Waals surface area (Å²) in [6.07, 6.45) is 2.74. The Morgan fingerprint density at radius 1 is 1.02 bits per heavy atom. The lowest BCUT2D eigenvalue weighted by Crippen LogP contribution is -2.54. The third kappa shape index (κ3) is 7.97. The van der Waals surface area contributed by atoms with E-state index in [1.54, 1.807) is 21.5 Å². The minimum Gasteiger partial charge on any atom is -0.394 e. The molecule has 294 valence electrons. The van der Waals surface area contributed by atoms with E-state index in [0.717, 1.165) is 39.5 Å². The summed E-state index contributed by atoms with van der Waals surface area (Å²) < 4.78 is 2.46. The van der Waals surface area contributed by atoms with Gasteiger partial charge < -0.3 is 26.0 Å². The molecule has 2 aromatic carbocycles. The molecule has 0 saturated carbocycles. The number of piperidine rings is 1. The Balaban J connectivity index is 0.923. The SMILES string of the molecule is CCC(CO)Nc1cc(NCc2ccc(NC(=O)N3CCN(Cc4cc5c(cc4Br)C(=O)N(C4CCC(=O)NC4=O)C5=O)CC3)cc2)n2ncc(C(C)C)c2n1. The van der Waals surface area contributed by atoms with Crippen molar-refractivity contribution in [1.29, 1.82) is 0 Å². The van der Waals surface area contributed by atoms with Crippen LogP contribution in [-0.4, -0.2) is 109 Å². The zero-order valence-electron chi connectivity index (χ0n) is 31.5. The lowest BCUT2D eigenvalue weighted by molar-refractivity contribution is -0.136. The molecule has 17 heteroatoms. The van der Waals surface area contributed by atoms with Gasteiger partial charge in [0.15, 0.2) is 5.65 Å². The molecule has 0 radical (unpaired) electrons. The highest BCUT2D eigenvalue weighted by Gasteiger charge is 2.45. The summed E-state index contributed by atoms with van der Waals surface area (Å²) in [7, 11) is 0. The van der Waals surface area contributed by atoms with Crippen LogP contribution in [0, 0.1) is 0 Å². The van der Waals surface area contributed by atoms with Crippen molar-refractivity contribution in [2.24, 2.45) is 0 Å². The number of nitrogens with one attached hydrogen (secondary N) is 4. The number of aromatic nitrogens is 3. The largest absolute Gasteiger partial charge is 0.394 e. The van der Waals surface area contributed by atoms with Gasteiger partial charge in [-0.15, -0.1) is 0 Å². The van der Waals surface area contributed by atoms with Crippen molar-refractivity contribution in [3.8, 4) is 0 Å². The Kier molecular flexibility index (Phi) is 11.4. The van der Waals surface area contributed by atoms with E-state index in [0.29, 0.717) is 55.2 Å². The van der Waals surface area contributed by atoms with Crippen molar-refractivity contribution in [3.63, 3.8) is 0 Å². The molecule has 3 aliphatic heterocycles. The Bertz CT molecular complexity index is 2180. The fourth-order valence-corrected chi connectivity index (χ4v) is 7.65. The number of nitrogens with zero attached hydrogens (tertiary/aromatic N) is 6. The van der Waals surface area contributed by atoms with Crippen molar-refractivity contribution in [2.75, 3.05) is 48.7 Å². The van der Waals surface area contributed by atoms with Crippen molar-refractivity contribution in [3.05, 3.63) is 81.0 Å². The molecule has 6 amide bonds. The van der Waals surface area contributed by atoms with E-state index in [9.17, 15) is 29.1 Å². The maximum Gasteiger partial charge on any atom is 0.321 e. The van der Waals surface area contributed by atoms with Crippen LogP contribution in [0.4, 0.5) is 22.1 Å². The smallest absolute Gasteiger partial charge is 0.321 e. The van der Waals surface area contributed by atoms with Gasteiger partial charge in [0, 0.05) is 67.5 Å². The van der Waals surface area contributed by atoms with Crippen LogP contribution >= 0.6 is 15.9 Å². The molecule has 5 heterocycles. The van der Waals surface area contributed by atoms with E-state index in [4.69, 9.17) is 4.98 Å². The van der Waals surface area contributed by atoms with Crippen LogP contribution in [0.1, 0.15) is 83.4 Å². The first-order valence-corrected chi connectivity index (χ1v) is 19.6. The molecular formula is C39H45BrN10O6. The number of fused-ring (bicyclic) bond motifs is 2. The average molecular weight is 830 g/mol. The molecule has 2 fully saturated rings. The van der Waals surface area contributed by atoms with Crippen LogP contribution in [-0.2, 0) is 22.7 Å². The number of aliphatic hydroxyl groups is 1.